The SMILES string of the molecule is Cc1nc([C@@H]2OC3COC(c4ccccc4)O[C@@H]3[C@H](N=[N+]=[N-])C2O)n(-c2cc(Br)cnc2Br)n1. The number of ether oxygens (including phenoxy) is 3. The highest BCUT2D eigenvalue weighted by Crippen LogP contribution is 2.40. The van der Waals surface area contributed by atoms with Crippen LogP contribution < -0.4 is 0 Å². The number of hydrogen-bond acceptors (Lipinski definition) is 8. The van der Waals surface area contributed by atoms with Crippen LogP contribution in [0.2, 0.25) is 0 Å². The molecule has 2 aliphatic rings. The Morgan fingerprint density at radius 1 is 1.24 bits per heavy atom. The van der Waals surface area contributed by atoms with Crippen LogP contribution in [0, 0.1) is 6.92 Å². The first-order valence-corrected chi connectivity index (χ1v) is 12.0. The summed E-state index contributed by atoms with van der Waals surface area (Å²) in [7, 11) is 0. The van der Waals surface area contributed by atoms with Gasteiger partial charge in [0.2, 0.25) is 0 Å². The van der Waals surface area contributed by atoms with Crippen molar-refractivity contribution in [1.29, 1.82) is 0 Å². The van der Waals surface area contributed by atoms with Gasteiger partial charge in [0.15, 0.2) is 12.1 Å². The molecule has 1 N–H and O–H groups in total. The molecule has 0 amide bonds. The highest BCUT2D eigenvalue weighted by Gasteiger charge is 2.51. The molecule has 6 atom stereocenters. The van der Waals surface area contributed by atoms with E-state index in [-0.39, 0.29) is 6.61 Å². The Kier molecular flexibility index (Phi) is 6.67. The normalized spacial score (nSPS) is 28.7. The number of azide groups is 1. The number of fused-ring (bicyclic) bond motifs is 1. The van der Waals surface area contributed by atoms with Gasteiger partial charge in [0, 0.05) is 21.1 Å². The molecule has 0 radical (unpaired) electrons. The minimum absolute atomic E-state index is 0.181. The monoisotopic (exact) mass is 591 g/mol. The van der Waals surface area contributed by atoms with E-state index in [0.717, 1.165) is 10.0 Å². The zero-order valence-electron chi connectivity index (χ0n) is 17.8. The molecule has 11 nitrogen and oxygen atoms in total. The lowest BCUT2D eigenvalue weighted by molar-refractivity contribution is -0.309. The van der Waals surface area contributed by atoms with Gasteiger partial charge >= 0.3 is 0 Å². The number of rotatable bonds is 4. The van der Waals surface area contributed by atoms with Crippen molar-refractivity contribution < 1.29 is 19.3 Å². The van der Waals surface area contributed by atoms with Crippen LogP contribution in [0.5, 0.6) is 0 Å². The van der Waals surface area contributed by atoms with Gasteiger partial charge in [0.25, 0.3) is 0 Å². The smallest absolute Gasteiger partial charge is 0.184 e. The van der Waals surface area contributed by atoms with Crippen molar-refractivity contribution in [3.63, 3.8) is 0 Å². The van der Waals surface area contributed by atoms with Crippen LogP contribution in [-0.4, -0.2) is 55.8 Å². The van der Waals surface area contributed by atoms with Crippen LogP contribution in [0.4, 0.5) is 0 Å². The zero-order valence-corrected chi connectivity index (χ0v) is 20.9. The Balaban J connectivity index is 1.49. The average molecular weight is 593 g/mol. The summed E-state index contributed by atoms with van der Waals surface area (Å²) < 4.78 is 21.1. The van der Waals surface area contributed by atoms with Gasteiger partial charge in [-0.3, -0.25) is 0 Å². The number of aryl methyl sites for hydroxylation is 1. The molecule has 3 unspecified atom stereocenters. The van der Waals surface area contributed by atoms with Crippen LogP contribution in [0.3, 0.4) is 0 Å². The fourth-order valence-corrected chi connectivity index (χ4v) is 4.86. The summed E-state index contributed by atoms with van der Waals surface area (Å²) in [5.74, 6) is 0.813. The van der Waals surface area contributed by atoms with Crippen LogP contribution in [0.15, 0.2) is 56.8 Å². The second kappa shape index (κ2) is 9.70. The fourth-order valence-electron chi connectivity index (χ4n) is 4.15. The largest absolute Gasteiger partial charge is 0.389 e. The van der Waals surface area contributed by atoms with Gasteiger partial charge in [-0.05, 0) is 50.4 Å². The first-order chi connectivity index (χ1) is 16.5. The Bertz CT molecular complexity index is 1240. The van der Waals surface area contributed by atoms with E-state index < -0.39 is 36.7 Å². The van der Waals surface area contributed by atoms with Crippen LogP contribution in [-0.2, 0) is 14.2 Å². The second-order valence-electron chi connectivity index (χ2n) is 7.85. The number of benzene rings is 1. The number of aliphatic hydroxyl groups is 1. The number of nitrogens with zero attached hydrogens (tertiary/aromatic N) is 7. The van der Waals surface area contributed by atoms with Crippen LogP contribution in [0.25, 0.3) is 16.1 Å². The van der Waals surface area contributed by atoms with E-state index >= 15 is 0 Å². The Hall–Kier alpha value is -2.38. The zero-order chi connectivity index (χ0) is 23.8. The predicted molar refractivity (Wildman–Crippen MR) is 126 cm³/mol. The number of aliphatic hydroxyl groups excluding tert-OH is 1. The Morgan fingerprint density at radius 2 is 2.03 bits per heavy atom. The number of hydrogen-bond donors (Lipinski definition) is 1. The van der Waals surface area contributed by atoms with Gasteiger partial charge in [-0.15, -0.1) is 0 Å². The van der Waals surface area contributed by atoms with E-state index in [0.29, 0.717) is 21.9 Å². The van der Waals surface area contributed by atoms with Gasteiger partial charge in [0.1, 0.15) is 34.4 Å². The van der Waals surface area contributed by atoms with E-state index in [1.54, 1.807) is 17.8 Å². The maximum Gasteiger partial charge on any atom is 0.184 e. The highest BCUT2D eigenvalue weighted by molar-refractivity contribution is 9.11. The fraction of sp³-hybridized carbons (Fsp3) is 0.381. The summed E-state index contributed by atoms with van der Waals surface area (Å²) in [6.07, 6.45) is -2.53. The Morgan fingerprint density at radius 3 is 2.79 bits per heavy atom. The Labute approximate surface area is 211 Å². The van der Waals surface area contributed by atoms with Gasteiger partial charge in [-0.2, -0.15) is 5.10 Å². The van der Waals surface area contributed by atoms with Crippen molar-refractivity contribution in [1.82, 2.24) is 19.7 Å². The van der Waals surface area contributed by atoms with E-state index in [1.165, 1.54) is 0 Å². The van der Waals surface area contributed by atoms with Crippen molar-refractivity contribution in [2.24, 2.45) is 5.11 Å². The maximum absolute atomic E-state index is 11.3. The van der Waals surface area contributed by atoms with E-state index in [2.05, 4.69) is 57.0 Å². The lowest BCUT2D eigenvalue weighted by atomic mass is 9.91. The minimum Gasteiger partial charge on any atom is -0.389 e. The standard InChI is InChI=1S/C21H19Br2N7O4/c1-10-26-20(30(28-10)13-7-12(22)8-25-19(13)23)18-16(31)15(27-29-24)17-14(33-18)9-32-21(34-17)11-5-3-2-4-6-11/h2-8,14-18,21,31H,9H2,1H3/t14?,15-,16?,17+,18-,21?/m1/s1. The lowest BCUT2D eigenvalue weighted by Crippen LogP contribution is -2.58. The van der Waals surface area contributed by atoms with Crippen molar-refractivity contribution in [2.75, 3.05) is 6.61 Å². The van der Waals surface area contributed by atoms with E-state index in [1.807, 2.05) is 36.4 Å². The van der Waals surface area contributed by atoms with Gasteiger partial charge in [-0.1, -0.05) is 35.4 Å². The van der Waals surface area contributed by atoms with Crippen LogP contribution >= 0.6 is 31.9 Å². The van der Waals surface area contributed by atoms with E-state index in [9.17, 15) is 10.6 Å². The molecule has 13 heteroatoms. The van der Waals surface area contributed by atoms with Crippen molar-refractivity contribution in [2.45, 2.75) is 43.7 Å². The quantitative estimate of drug-likeness (QED) is 0.208. The molecule has 4 heterocycles. The molecule has 0 saturated carbocycles. The van der Waals surface area contributed by atoms with Gasteiger partial charge < -0.3 is 19.3 Å². The second-order valence-corrected chi connectivity index (χ2v) is 9.52. The number of halogens is 2. The molecule has 5 rings (SSSR count). The summed E-state index contributed by atoms with van der Waals surface area (Å²) in [4.78, 5) is 11.8. The van der Waals surface area contributed by atoms with E-state index in [4.69, 9.17) is 14.2 Å². The molecule has 34 heavy (non-hydrogen) atoms. The maximum atomic E-state index is 11.3. The summed E-state index contributed by atoms with van der Waals surface area (Å²) in [5.41, 5.74) is 10.7. The summed E-state index contributed by atoms with van der Waals surface area (Å²) in [6.45, 7) is 1.92. The topological polar surface area (TPSA) is 140 Å². The summed E-state index contributed by atoms with van der Waals surface area (Å²) in [5, 5.41) is 19.6. The number of aromatic nitrogens is 4. The molecule has 2 aliphatic heterocycles. The third kappa shape index (κ3) is 4.36. The van der Waals surface area contributed by atoms with Crippen molar-refractivity contribution in [3.8, 4) is 5.69 Å². The molecule has 3 aromatic rings. The van der Waals surface area contributed by atoms with Gasteiger partial charge in [-0.25, -0.2) is 14.6 Å². The molecule has 176 valence electrons. The molecular weight excluding hydrogens is 574 g/mol. The lowest BCUT2D eigenvalue weighted by Gasteiger charge is -2.46. The van der Waals surface area contributed by atoms with Crippen LogP contribution in [0.1, 0.15) is 29.6 Å². The molecule has 2 fully saturated rings. The third-order valence-corrected chi connectivity index (χ3v) is 6.69. The third-order valence-electron chi connectivity index (χ3n) is 5.64. The van der Waals surface area contributed by atoms with Crippen molar-refractivity contribution in [3.05, 3.63) is 79.3 Å². The molecule has 2 saturated heterocycles. The number of pyridine rings is 1. The first kappa shape index (κ1) is 23.4. The minimum atomic E-state index is -1.24. The molecule has 0 bridgehead atoms. The molecule has 0 aliphatic carbocycles. The molecule has 0 spiro atoms. The average Bonchev–Trinajstić information content (AvgIpc) is 3.23. The molecule has 2 aromatic heterocycles. The predicted octanol–water partition coefficient (Wildman–Crippen LogP) is 4.09. The first-order valence-electron chi connectivity index (χ1n) is 10.4. The molecular formula is C21H19Br2N7O4. The summed E-state index contributed by atoms with van der Waals surface area (Å²) >= 11 is 6.86. The summed E-state index contributed by atoms with van der Waals surface area (Å²) in [6, 6.07) is 10.3. The van der Waals surface area contributed by atoms with Crippen molar-refractivity contribution >= 4 is 31.9 Å². The van der Waals surface area contributed by atoms with Gasteiger partial charge in [0.05, 0.1) is 18.8 Å². The highest BCUT2D eigenvalue weighted by atomic mass is 79.9. The molecule has 1 aromatic carbocycles.